The standard InChI is InChI=1S/C17H20N4O2S/c1-2-14-19-20-16(24-14)15(22)18-13-8-6-7-12(11-13)17(23)21-9-4-3-5-10-21/h6-8,11H,2-5,9-10H2,1H3,(H,18,22). The second kappa shape index (κ2) is 7.53. The van der Waals surface area contributed by atoms with E-state index in [9.17, 15) is 9.59 Å². The first-order valence-corrected chi connectivity index (χ1v) is 9.02. The second-order valence-electron chi connectivity index (χ2n) is 5.74. The smallest absolute Gasteiger partial charge is 0.286 e. The molecular weight excluding hydrogens is 324 g/mol. The number of nitrogens with zero attached hydrogens (tertiary/aromatic N) is 3. The molecule has 1 saturated heterocycles. The molecule has 1 aliphatic rings. The lowest BCUT2D eigenvalue weighted by atomic mass is 10.1. The van der Waals surface area contributed by atoms with Crippen LogP contribution in [0.5, 0.6) is 0 Å². The number of piperidine rings is 1. The van der Waals surface area contributed by atoms with E-state index < -0.39 is 0 Å². The highest BCUT2D eigenvalue weighted by atomic mass is 32.1. The Kier molecular flexibility index (Phi) is 5.20. The van der Waals surface area contributed by atoms with Crippen LogP contribution in [0.2, 0.25) is 0 Å². The molecule has 7 heteroatoms. The summed E-state index contributed by atoms with van der Waals surface area (Å²) in [5, 5.41) is 11.8. The molecule has 1 aromatic heterocycles. The number of carbonyl (C=O) groups is 2. The van der Waals surface area contributed by atoms with Gasteiger partial charge in [0, 0.05) is 24.3 Å². The van der Waals surface area contributed by atoms with Crippen molar-refractivity contribution in [3.8, 4) is 0 Å². The summed E-state index contributed by atoms with van der Waals surface area (Å²) >= 11 is 1.28. The minimum atomic E-state index is -0.297. The summed E-state index contributed by atoms with van der Waals surface area (Å²) in [7, 11) is 0. The number of benzene rings is 1. The maximum Gasteiger partial charge on any atom is 0.286 e. The molecule has 126 valence electrons. The molecule has 0 bridgehead atoms. The molecule has 0 radical (unpaired) electrons. The first-order valence-electron chi connectivity index (χ1n) is 8.20. The van der Waals surface area contributed by atoms with Gasteiger partial charge >= 0.3 is 0 Å². The van der Waals surface area contributed by atoms with E-state index in [1.165, 1.54) is 17.8 Å². The quantitative estimate of drug-likeness (QED) is 0.925. The van der Waals surface area contributed by atoms with Gasteiger partial charge in [0.25, 0.3) is 11.8 Å². The zero-order valence-corrected chi connectivity index (χ0v) is 14.4. The van der Waals surface area contributed by atoms with Crippen molar-refractivity contribution in [2.45, 2.75) is 32.6 Å². The molecule has 2 amide bonds. The number of amides is 2. The average Bonchev–Trinajstić information content (AvgIpc) is 3.11. The maximum absolute atomic E-state index is 12.5. The van der Waals surface area contributed by atoms with Crippen molar-refractivity contribution >= 4 is 28.8 Å². The summed E-state index contributed by atoms with van der Waals surface area (Å²) in [5.41, 5.74) is 1.19. The van der Waals surface area contributed by atoms with Gasteiger partial charge in [-0.15, -0.1) is 10.2 Å². The van der Waals surface area contributed by atoms with Gasteiger partial charge < -0.3 is 10.2 Å². The van der Waals surface area contributed by atoms with E-state index in [1.807, 2.05) is 11.8 Å². The van der Waals surface area contributed by atoms with Crippen LogP contribution in [0, 0.1) is 0 Å². The zero-order valence-electron chi connectivity index (χ0n) is 13.6. The third-order valence-electron chi connectivity index (χ3n) is 3.97. The fraction of sp³-hybridized carbons (Fsp3) is 0.412. The number of anilines is 1. The van der Waals surface area contributed by atoms with Gasteiger partial charge in [-0.3, -0.25) is 9.59 Å². The van der Waals surface area contributed by atoms with Crippen LogP contribution in [-0.4, -0.2) is 40.0 Å². The van der Waals surface area contributed by atoms with Gasteiger partial charge in [0.05, 0.1) is 0 Å². The lowest BCUT2D eigenvalue weighted by Crippen LogP contribution is -2.35. The first kappa shape index (κ1) is 16.6. The first-order chi connectivity index (χ1) is 11.7. The number of nitrogens with one attached hydrogen (secondary N) is 1. The van der Waals surface area contributed by atoms with Crippen molar-refractivity contribution in [3.63, 3.8) is 0 Å². The number of likely N-dealkylation sites (tertiary alicyclic amines) is 1. The van der Waals surface area contributed by atoms with Gasteiger partial charge in [0.1, 0.15) is 5.01 Å². The second-order valence-corrected chi connectivity index (χ2v) is 6.80. The SMILES string of the molecule is CCc1nnc(C(=O)Nc2cccc(C(=O)N3CCCCC3)c2)s1. The largest absolute Gasteiger partial charge is 0.339 e. The molecule has 0 atom stereocenters. The zero-order chi connectivity index (χ0) is 16.9. The summed E-state index contributed by atoms with van der Waals surface area (Å²) in [4.78, 5) is 26.6. The maximum atomic E-state index is 12.5. The Morgan fingerprint density at radius 3 is 2.71 bits per heavy atom. The van der Waals surface area contributed by atoms with Crippen molar-refractivity contribution < 1.29 is 9.59 Å². The average molecular weight is 344 g/mol. The summed E-state index contributed by atoms with van der Waals surface area (Å²) in [6.07, 6.45) is 4.05. The molecule has 1 aromatic carbocycles. The molecule has 0 spiro atoms. The Morgan fingerprint density at radius 2 is 2.00 bits per heavy atom. The van der Waals surface area contributed by atoms with Crippen molar-refractivity contribution in [2.75, 3.05) is 18.4 Å². The normalized spacial score (nSPS) is 14.5. The van der Waals surface area contributed by atoms with Crippen molar-refractivity contribution in [1.29, 1.82) is 0 Å². The Labute approximate surface area is 144 Å². The van der Waals surface area contributed by atoms with Crippen molar-refractivity contribution in [1.82, 2.24) is 15.1 Å². The van der Waals surface area contributed by atoms with Crippen LogP contribution in [-0.2, 0) is 6.42 Å². The molecule has 3 rings (SSSR count). The van der Waals surface area contributed by atoms with E-state index in [2.05, 4.69) is 15.5 Å². The number of aromatic nitrogens is 2. The molecule has 1 N–H and O–H groups in total. The Balaban J connectivity index is 1.70. The lowest BCUT2D eigenvalue weighted by Gasteiger charge is -2.26. The van der Waals surface area contributed by atoms with Gasteiger partial charge in [0.2, 0.25) is 5.01 Å². The van der Waals surface area contributed by atoms with Crippen LogP contribution in [0.1, 0.15) is 51.4 Å². The van der Waals surface area contributed by atoms with E-state index in [1.54, 1.807) is 24.3 Å². The van der Waals surface area contributed by atoms with Crippen LogP contribution >= 0.6 is 11.3 Å². The van der Waals surface area contributed by atoms with Gasteiger partial charge in [0.15, 0.2) is 0 Å². The minimum absolute atomic E-state index is 0.0231. The van der Waals surface area contributed by atoms with Crippen LogP contribution in [0.3, 0.4) is 0 Å². The van der Waals surface area contributed by atoms with Crippen molar-refractivity contribution in [3.05, 3.63) is 39.8 Å². The molecule has 24 heavy (non-hydrogen) atoms. The lowest BCUT2D eigenvalue weighted by molar-refractivity contribution is 0.0724. The van der Waals surface area contributed by atoms with E-state index in [4.69, 9.17) is 0 Å². The Hall–Kier alpha value is -2.28. The number of carbonyl (C=O) groups excluding carboxylic acids is 2. The van der Waals surface area contributed by atoms with Gasteiger partial charge in [-0.2, -0.15) is 0 Å². The highest BCUT2D eigenvalue weighted by molar-refractivity contribution is 7.13. The molecule has 0 aliphatic carbocycles. The van der Waals surface area contributed by atoms with E-state index in [0.29, 0.717) is 16.3 Å². The fourth-order valence-corrected chi connectivity index (χ4v) is 3.36. The van der Waals surface area contributed by atoms with Crippen LogP contribution in [0.4, 0.5) is 5.69 Å². The Bertz CT molecular complexity index is 738. The third kappa shape index (κ3) is 3.79. The van der Waals surface area contributed by atoms with E-state index >= 15 is 0 Å². The topological polar surface area (TPSA) is 75.2 Å². The molecule has 6 nitrogen and oxygen atoms in total. The van der Waals surface area contributed by atoms with E-state index in [-0.39, 0.29) is 11.8 Å². The number of rotatable bonds is 4. The summed E-state index contributed by atoms with van der Waals surface area (Å²) in [5.74, 6) is -0.273. The number of aryl methyl sites for hydroxylation is 1. The van der Waals surface area contributed by atoms with Crippen LogP contribution < -0.4 is 5.32 Å². The van der Waals surface area contributed by atoms with Gasteiger partial charge in [-0.05, 0) is 43.9 Å². The minimum Gasteiger partial charge on any atom is -0.339 e. The predicted molar refractivity (Wildman–Crippen MR) is 93.4 cm³/mol. The molecular formula is C17H20N4O2S. The molecule has 2 aromatic rings. The highest BCUT2D eigenvalue weighted by Gasteiger charge is 2.19. The summed E-state index contributed by atoms with van der Waals surface area (Å²) in [6, 6.07) is 7.06. The Morgan fingerprint density at radius 1 is 1.21 bits per heavy atom. The van der Waals surface area contributed by atoms with Crippen molar-refractivity contribution in [2.24, 2.45) is 0 Å². The predicted octanol–water partition coefficient (Wildman–Crippen LogP) is 2.98. The molecule has 1 aliphatic heterocycles. The monoisotopic (exact) mass is 344 g/mol. The fourth-order valence-electron chi connectivity index (χ4n) is 2.68. The molecule has 0 unspecified atom stereocenters. The highest BCUT2D eigenvalue weighted by Crippen LogP contribution is 2.18. The van der Waals surface area contributed by atoms with Crippen LogP contribution in [0.15, 0.2) is 24.3 Å². The van der Waals surface area contributed by atoms with Gasteiger partial charge in [-0.1, -0.05) is 24.3 Å². The van der Waals surface area contributed by atoms with E-state index in [0.717, 1.165) is 37.4 Å². The summed E-state index contributed by atoms with van der Waals surface area (Å²) < 4.78 is 0. The molecule has 0 saturated carbocycles. The number of hydrogen-bond donors (Lipinski definition) is 1. The van der Waals surface area contributed by atoms with Crippen LogP contribution in [0.25, 0.3) is 0 Å². The molecule has 1 fully saturated rings. The van der Waals surface area contributed by atoms with Gasteiger partial charge in [-0.25, -0.2) is 0 Å². The molecule has 2 heterocycles. The summed E-state index contributed by atoms with van der Waals surface area (Å²) in [6.45, 7) is 3.58. The number of hydrogen-bond acceptors (Lipinski definition) is 5. The third-order valence-corrected chi connectivity index (χ3v) is 5.04.